The number of Topliss-reactive ketones (excluding diaryl/α,β-unsaturated/α-hetero) is 2. The molecule has 6 unspecified atom stereocenters. The maximum Gasteiger partial charge on any atom is 0.135 e. The van der Waals surface area contributed by atoms with E-state index in [0.29, 0.717) is 11.8 Å². The van der Waals surface area contributed by atoms with E-state index in [2.05, 4.69) is 0 Å². The molecule has 0 radical (unpaired) electrons. The minimum Gasteiger partial charge on any atom is -0.373 e. The maximum atomic E-state index is 11.1. The van der Waals surface area contributed by atoms with E-state index < -0.39 is 0 Å². The van der Waals surface area contributed by atoms with Gasteiger partial charge in [-0.1, -0.05) is 0 Å². The molecule has 70 valence electrons. The molecule has 3 heteroatoms. The molecule has 3 nitrogen and oxygen atoms in total. The number of carbonyl (C=O) groups excluding carboxylic acids is 2. The van der Waals surface area contributed by atoms with Crippen LogP contribution < -0.4 is 0 Å². The highest BCUT2D eigenvalue weighted by Gasteiger charge is 2.77. The molecule has 2 aliphatic carbocycles. The van der Waals surface area contributed by atoms with Crippen molar-refractivity contribution in [3.63, 3.8) is 0 Å². The molecule has 0 aromatic carbocycles. The third-order valence-electron chi connectivity index (χ3n) is 3.71. The summed E-state index contributed by atoms with van der Waals surface area (Å²) in [5, 5.41) is 0. The lowest BCUT2D eigenvalue weighted by Gasteiger charge is -1.98. The number of ketones is 2. The van der Waals surface area contributed by atoms with Crippen LogP contribution in [0.4, 0.5) is 0 Å². The number of hydrogen-bond acceptors (Lipinski definition) is 3. The van der Waals surface area contributed by atoms with Crippen molar-refractivity contribution in [3.05, 3.63) is 0 Å². The van der Waals surface area contributed by atoms with E-state index in [4.69, 9.17) is 4.74 Å². The molecular weight excluding hydrogens is 168 g/mol. The summed E-state index contributed by atoms with van der Waals surface area (Å²) in [5.74, 6) is 1.45. The van der Waals surface area contributed by atoms with Crippen LogP contribution >= 0.6 is 0 Å². The zero-order valence-electron chi connectivity index (χ0n) is 7.69. The van der Waals surface area contributed by atoms with Gasteiger partial charge in [0.15, 0.2) is 0 Å². The number of hydrogen-bond donors (Lipinski definition) is 0. The number of ether oxygens (including phenoxy) is 1. The zero-order chi connectivity index (χ0) is 9.33. The fourth-order valence-electron chi connectivity index (χ4n) is 3.06. The largest absolute Gasteiger partial charge is 0.373 e. The van der Waals surface area contributed by atoms with E-state index in [1.165, 1.54) is 0 Å². The fourth-order valence-corrected chi connectivity index (χ4v) is 3.06. The molecule has 13 heavy (non-hydrogen) atoms. The highest BCUT2D eigenvalue weighted by Crippen LogP contribution is 2.68. The van der Waals surface area contributed by atoms with Crippen LogP contribution in [0.15, 0.2) is 0 Å². The topological polar surface area (TPSA) is 43.4 Å². The third kappa shape index (κ3) is 0.784. The fraction of sp³-hybridized carbons (Fsp3) is 0.800. The van der Waals surface area contributed by atoms with Crippen molar-refractivity contribution in [3.8, 4) is 0 Å². The minimum atomic E-state index is 0.116. The lowest BCUT2D eigenvalue weighted by atomic mass is 10.1. The lowest BCUT2D eigenvalue weighted by Crippen LogP contribution is -2.07. The minimum absolute atomic E-state index is 0.116. The summed E-state index contributed by atoms with van der Waals surface area (Å²) in [5.41, 5.74) is 0. The Morgan fingerprint density at radius 2 is 1.31 bits per heavy atom. The van der Waals surface area contributed by atoms with Crippen molar-refractivity contribution in [2.75, 3.05) is 0 Å². The zero-order valence-corrected chi connectivity index (χ0v) is 7.69. The van der Waals surface area contributed by atoms with E-state index >= 15 is 0 Å². The monoisotopic (exact) mass is 180 g/mol. The first-order valence-corrected chi connectivity index (χ1v) is 4.79. The van der Waals surface area contributed by atoms with Gasteiger partial charge in [-0.05, 0) is 13.8 Å². The molecule has 0 spiro atoms. The van der Waals surface area contributed by atoms with E-state index in [9.17, 15) is 9.59 Å². The highest BCUT2D eigenvalue weighted by molar-refractivity contribution is 5.86. The average Bonchev–Trinajstić information content (AvgIpc) is 2.86. The SMILES string of the molecule is CC(=O)C1C2OC3C(C(C)=O)C3C21. The highest BCUT2D eigenvalue weighted by atomic mass is 16.5. The van der Waals surface area contributed by atoms with Gasteiger partial charge in [-0.15, -0.1) is 0 Å². The molecular formula is C10H12O3. The Bertz CT molecular complexity index is 279. The summed E-state index contributed by atoms with van der Waals surface area (Å²) < 4.78 is 5.62. The Kier molecular flexibility index (Phi) is 1.20. The van der Waals surface area contributed by atoms with E-state index in [1.54, 1.807) is 13.8 Å². The van der Waals surface area contributed by atoms with Gasteiger partial charge in [-0.3, -0.25) is 9.59 Å². The Hall–Kier alpha value is -0.700. The Labute approximate surface area is 76.4 Å². The van der Waals surface area contributed by atoms with Crippen LogP contribution in [0.5, 0.6) is 0 Å². The predicted molar refractivity (Wildman–Crippen MR) is 44.0 cm³/mol. The first-order chi connectivity index (χ1) is 6.13. The van der Waals surface area contributed by atoms with Crippen LogP contribution in [0.2, 0.25) is 0 Å². The van der Waals surface area contributed by atoms with Crippen molar-refractivity contribution in [1.29, 1.82) is 0 Å². The summed E-state index contributed by atoms with van der Waals surface area (Å²) in [6.07, 6.45) is 0.339. The second-order valence-corrected chi connectivity index (χ2v) is 4.49. The predicted octanol–water partition coefficient (Wildman–Crippen LogP) is 0.424. The van der Waals surface area contributed by atoms with Crippen LogP contribution in [0.1, 0.15) is 13.8 Å². The summed E-state index contributed by atoms with van der Waals surface area (Å²) >= 11 is 0. The van der Waals surface area contributed by atoms with Gasteiger partial charge >= 0.3 is 0 Å². The van der Waals surface area contributed by atoms with Gasteiger partial charge < -0.3 is 4.74 Å². The normalized spacial score (nSPS) is 55.2. The second-order valence-electron chi connectivity index (χ2n) is 4.49. The quantitative estimate of drug-likeness (QED) is 0.618. The van der Waals surface area contributed by atoms with E-state index in [1.807, 2.05) is 0 Å². The molecule has 1 heterocycles. The summed E-state index contributed by atoms with van der Waals surface area (Å²) in [4.78, 5) is 22.2. The van der Waals surface area contributed by atoms with Crippen molar-refractivity contribution in [2.24, 2.45) is 23.7 Å². The van der Waals surface area contributed by atoms with Crippen LogP contribution in [-0.2, 0) is 14.3 Å². The van der Waals surface area contributed by atoms with Gasteiger partial charge in [0.1, 0.15) is 11.6 Å². The Morgan fingerprint density at radius 1 is 0.923 bits per heavy atom. The lowest BCUT2D eigenvalue weighted by molar-refractivity contribution is -0.120. The maximum absolute atomic E-state index is 11.1. The third-order valence-corrected chi connectivity index (χ3v) is 3.71. The molecule has 3 fully saturated rings. The van der Waals surface area contributed by atoms with Crippen molar-refractivity contribution < 1.29 is 14.3 Å². The van der Waals surface area contributed by atoms with Crippen LogP contribution in [0, 0.1) is 23.7 Å². The molecule has 0 amide bonds. The Morgan fingerprint density at radius 3 is 1.62 bits per heavy atom. The van der Waals surface area contributed by atoms with Gasteiger partial charge in [0.05, 0.1) is 12.2 Å². The van der Waals surface area contributed by atoms with Gasteiger partial charge in [-0.2, -0.15) is 0 Å². The number of fused-ring (bicyclic) bond motifs is 3. The van der Waals surface area contributed by atoms with E-state index in [-0.39, 0.29) is 35.6 Å². The van der Waals surface area contributed by atoms with Crippen molar-refractivity contribution >= 4 is 11.6 Å². The Balaban J connectivity index is 1.74. The average molecular weight is 180 g/mol. The smallest absolute Gasteiger partial charge is 0.135 e. The molecule has 0 bridgehead atoms. The van der Waals surface area contributed by atoms with Crippen LogP contribution in [0.25, 0.3) is 0 Å². The van der Waals surface area contributed by atoms with Gasteiger partial charge in [0.2, 0.25) is 0 Å². The standard InChI is InChI=1S/C10H12O3/c1-3(11)5-7-8-6(4(2)12)10(8)13-9(5)7/h5-10H,1-2H3. The molecule has 3 aliphatic rings. The van der Waals surface area contributed by atoms with Crippen LogP contribution in [0.3, 0.4) is 0 Å². The molecule has 3 rings (SSSR count). The van der Waals surface area contributed by atoms with Crippen molar-refractivity contribution in [1.82, 2.24) is 0 Å². The molecule has 0 N–H and O–H groups in total. The van der Waals surface area contributed by atoms with Crippen molar-refractivity contribution in [2.45, 2.75) is 26.1 Å². The van der Waals surface area contributed by atoms with Crippen LogP contribution in [-0.4, -0.2) is 23.8 Å². The molecule has 0 aromatic heterocycles. The van der Waals surface area contributed by atoms with E-state index in [0.717, 1.165) is 0 Å². The summed E-state index contributed by atoms with van der Waals surface area (Å²) in [7, 11) is 0. The number of carbonyl (C=O) groups is 2. The first kappa shape index (κ1) is 7.68. The van der Waals surface area contributed by atoms with Gasteiger partial charge in [0, 0.05) is 23.7 Å². The summed E-state index contributed by atoms with van der Waals surface area (Å²) in [6.45, 7) is 3.24. The number of rotatable bonds is 2. The first-order valence-electron chi connectivity index (χ1n) is 4.79. The van der Waals surface area contributed by atoms with Gasteiger partial charge in [-0.25, -0.2) is 0 Å². The molecule has 1 saturated heterocycles. The second kappa shape index (κ2) is 2.03. The molecule has 1 aliphatic heterocycles. The molecule has 6 atom stereocenters. The summed E-state index contributed by atoms with van der Waals surface area (Å²) in [6, 6.07) is 0. The van der Waals surface area contributed by atoms with Gasteiger partial charge in [0.25, 0.3) is 0 Å². The molecule has 2 saturated carbocycles. The molecule has 0 aromatic rings.